The molecule has 0 radical (unpaired) electrons. The molecule has 6 rings (SSSR count). The van der Waals surface area contributed by atoms with Gasteiger partial charge in [0.2, 0.25) is 0 Å². The molecule has 3 aliphatic rings. The first-order valence-corrected chi connectivity index (χ1v) is 14.2. The summed E-state index contributed by atoms with van der Waals surface area (Å²) in [5.41, 5.74) is -0.809. The van der Waals surface area contributed by atoms with Crippen molar-refractivity contribution in [3.8, 4) is 51.7 Å². The lowest BCUT2D eigenvalue weighted by Gasteiger charge is -2.51. The third-order valence-corrected chi connectivity index (χ3v) is 9.09. The number of benzene rings is 3. The SMILES string of the molecule is CC(C)(O)[C@@H]1CC[C@@]2(C)CC1c1c(cc(O)c3c1O[C@H](c1cc(O)c(O)c(O)c1)[C@H](OC(=O)c1cc(O)c(O)c(O)c1)C3)O2. The van der Waals surface area contributed by atoms with E-state index in [1.165, 1.54) is 6.07 Å². The van der Waals surface area contributed by atoms with Crippen LogP contribution in [0.5, 0.6) is 51.7 Å². The van der Waals surface area contributed by atoms with E-state index < -0.39 is 63.9 Å². The van der Waals surface area contributed by atoms with Crippen molar-refractivity contribution >= 4 is 5.97 Å². The Labute approximate surface area is 251 Å². The first kappa shape index (κ1) is 29.4. The Hall–Kier alpha value is -4.71. The van der Waals surface area contributed by atoms with Crippen LogP contribution in [0.2, 0.25) is 0 Å². The highest BCUT2D eigenvalue weighted by Gasteiger charge is 2.52. The van der Waals surface area contributed by atoms with Crippen molar-refractivity contribution < 1.29 is 59.9 Å². The lowest BCUT2D eigenvalue weighted by molar-refractivity contribution is -0.0685. The molecule has 44 heavy (non-hydrogen) atoms. The van der Waals surface area contributed by atoms with Gasteiger partial charge in [-0.15, -0.1) is 0 Å². The zero-order valence-corrected chi connectivity index (χ0v) is 24.2. The van der Waals surface area contributed by atoms with Gasteiger partial charge in [0.05, 0.1) is 11.2 Å². The van der Waals surface area contributed by atoms with Crippen LogP contribution in [-0.2, 0) is 11.2 Å². The van der Waals surface area contributed by atoms with Crippen LogP contribution in [0.1, 0.15) is 79.1 Å². The van der Waals surface area contributed by atoms with Gasteiger partial charge in [-0.25, -0.2) is 4.79 Å². The van der Waals surface area contributed by atoms with E-state index in [4.69, 9.17) is 14.2 Å². The molecule has 1 saturated carbocycles. The third kappa shape index (κ3) is 4.79. The summed E-state index contributed by atoms with van der Waals surface area (Å²) in [6.45, 7) is 5.49. The molecule has 0 aromatic heterocycles. The molecule has 5 atom stereocenters. The number of aromatic hydroxyl groups is 7. The molecule has 0 spiro atoms. The van der Waals surface area contributed by atoms with Gasteiger partial charge in [0.15, 0.2) is 40.6 Å². The molecular weight excluding hydrogens is 576 g/mol. The summed E-state index contributed by atoms with van der Waals surface area (Å²) >= 11 is 0. The summed E-state index contributed by atoms with van der Waals surface area (Å²) in [5.74, 6) is -5.34. The molecule has 0 saturated heterocycles. The predicted octanol–water partition coefficient (Wildman–Crippen LogP) is 4.33. The summed E-state index contributed by atoms with van der Waals surface area (Å²) in [4.78, 5) is 13.2. The number of phenols is 7. The van der Waals surface area contributed by atoms with Crippen molar-refractivity contribution in [2.75, 3.05) is 0 Å². The average molecular weight is 611 g/mol. The van der Waals surface area contributed by atoms with Gasteiger partial charge in [-0.3, -0.25) is 0 Å². The van der Waals surface area contributed by atoms with E-state index in [1.54, 1.807) is 13.8 Å². The number of aliphatic hydroxyl groups is 1. The third-order valence-electron chi connectivity index (χ3n) is 9.09. The molecule has 8 N–H and O–H groups in total. The summed E-state index contributed by atoms with van der Waals surface area (Å²) in [7, 11) is 0. The van der Waals surface area contributed by atoms with Crippen LogP contribution >= 0.6 is 0 Å². The Morgan fingerprint density at radius 1 is 0.909 bits per heavy atom. The van der Waals surface area contributed by atoms with Gasteiger partial charge in [0.25, 0.3) is 0 Å². The van der Waals surface area contributed by atoms with Crippen LogP contribution in [-0.4, -0.2) is 64.1 Å². The van der Waals surface area contributed by atoms with Crippen LogP contribution in [0.15, 0.2) is 30.3 Å². The fourth-order valence-electron chi connectivity index (χ4n) is 6.94. The summed E-state index contributed by atoms with van der Waals surface area (Å²) in [6.07, 6.45) is -0.563. The first-order valence-electron chi connectivity index (χ1n) is 14.2. The molecule has 2 aliphatic heterocycles. The van der Waals surface area contributed by atoms with Gasteiger partial charge in [-0.1, -0.05) is 0 Å². The molecule has 3 aromatic carbocycles. The molecule has 12 nitrogen and oxygen atoms in total. The van der Waals surface area contributed by atoms with Crippen molar-refractivity contribution in [1.29, 1.82) is 0 Å². The van der Waals surface area contributed by atoms with Crippen LogP contribution in [0.4, 0.5) is 0 Å². The van der Waals surface area contributed by atoms with Crippen molar-refractivity contribution in [2.45, 2.75) is 75.8 Å². The second-order valence-corrected chi connectivity index (χ2v) is 12.7. The highest BCUT2D eigenvalue weighted by molar-refractivity contribution is 5.91. The monoisotopic (exact) mass is 610 g/mol. The van der Waals surface area contributed by atoms with Crippen molar-refractivity contribution in [3.05, 3.63) is 52.6 Å². The number of hydrogen-bond donors (Lipinski definition) is 8. The number of carbonyl (C=O) groups excluding carboxylic acids is 1. The fraction of sp³-hybridized carbons (Fsp3) is 0.406. The quantitative estimate of drug-likeness (QED) is 0.153. The first-order chi connectivity index (χ1) is 20.6. The summed E-state index contributed by atoms with van der Waals surface area (Å²) < 4.78 is 18.7. The van der Waals surface area contributed by atoms with Gasteiger partial charge < -0.3 is 55.1 Å². The molecule has 12 heteroatoms. The van der Waals surface area contributed by atoms with Gasteiger partial charge in [-0.2, -0.15) is 0 Å². The van der Waals surface area contributed by atoms with E-state index in [0.717, 1.165) is 24.3 Å². The van der Waals surface area contributed by atoms with Crippen LogP contribution in [0, 0.1) is 5.92 Å². The normalized spacial score (nSPS) is 25.6. The standard InChI is InChI=1S/C32H34O12/c1-31(2,41)17-4-5-32(3)12-16(17)25-23(44-32)11-18(33)15-10-24(42-30(40)14-8-21(36)27(39)22(37)9-14)28(43-29(15)25)13-6-19(34)26(38)20(35)7-13/h6-9,11,16-17,24,28,33-39,41H,4-5,10,12H2,1-3H3/t16?,17-,24-,28-,32+/m1/s1. The van der Waals surface area contributed by atoms with E-state index in [9.17, 15) is 45.6 Å². The van der Waals surface area contributed by atoms with Crippen molar-refractivity contribution in [2.24, 2.45) is 5.92 Å². The Bertz CT molecular complexity index is 1630. The van der Waals surface area contributed by atoms with E-state index >= 15 is 0 Å². The minimum absolute atomic E-state index is 0.111. The lowest BCUT2D eigenvalue weighted by Crippen LogP contribution is -2.49. The van der Waals surface area contributed by atoms with E-state index in [0.29, 0.717) is 36.1 Å². The maximum atomic E-state index is 13.2. The largest absolute Gasteiger partial charge is 0.507 e. The Kier molecular flexibility index (Phi) is 6.62. The van der Waals surface area contributed by atoms with Gasteiger partial charge in [0.1, 0.15) is 29.0 Å². The van der Waals surface area contributed by atoms with Gasteiger partial charge in [0, 0.05) is 35.1 Å². The Morgan fingerprint density at radius 3 is 2.09 bits per heavy atom. The van der Waals surface area contributed by atoms with E-state index in [-0.39, 0.29) is 40.9 Å². The maximum Gasteiger partial charge on any atom is 0.338 e. The molecule has 0 amide bonds. The number of phenolic OH excluding ortho intramolecular Hbond substituents is 7. The summed E-state index contributed by atoms with van der Waals surface area (Å²) in [6, 6.07) is 5.59. The number of esters is 1. The smallest absolute Gasteiger partial charge is 0.338 e. The van der Waals surface area contributed by atoms with Crippen LogP contribution in [0.3, 0.4) is 0 Å². The molecule has 2 bridgehead atoms. The van der Waals surface area contributed by atoms with Crippen molar-refractivity contribution in [3.63, 3.8) is 0 Å². The predicted molar refractivity (Wildman–Crippen MR) is 153 cm³/mol. The molecule has 3 aromatic rings. The molecule has 1 unspecified atom stereocenters. The molecule has 234 valence electrons. The maximum absolute atomic E-state index is 13.2. The van der Waals surface area contributed by atoms with E-state index in [2.05, 4.69) is 0 Å². The number of carbonyl (C=O) groups is 1. The highest BCUT2D eigenvalue weighted by atomic mass is 16.6. The summed E-state index contributed by atoms with van der Waals surface area (Å²) in [5, 5.41) is 82.4. The van der Waals surface area contributed by atoms with Crippen LogP contribution < -0.4 is 9.47 Å². The van der Waals surface area contributed by atoms with Gasteiger partial charge >= 0.3 is 5.97 Å². The number of hydrogen-bond acceptors (Lipinski definition) is 12. The lowest BCUT2D eigenvalue weighted by atomic mass is 9.62. The number of ether oxygens (including phenoxy) is 3. The Morgan fingerprint density at radius 2 is 1.50 bits per heavy atom. The van der Waals surface area contributed by atoms with E-state index in [1.807, 2.05) is 6.92 Å². The second-order valence-electron chi connectivity index (χ2n) is 12.7. The number of fused-ring (bicyclic) bond motifs is 6. The topological polar surface area (TPSA) is 207 Å². The molecule has 1 fully saturated rings. The highest BCUT2D eigenvalue weighted by Crippen LogP contribution is 2.60. The number of rotatable bonds is 4. The Balaban J connectivity index is 1.48. The average Bonchev–Trinajstić information content (AvgIpc) is 2.93. The fourth-order valence-corrected chi connectivity index (χ4v) is 6.94. The zero-order valence-electron chi connectivity index (χ0n) is 24.2. The van der Waals surface area contributed by atoms with Crippen molar-refractivity contribution in [1.82, 2.24) is 0 Å². The van der Waals surface area contributed by atoms with Crippen LogP contribution in [0.25, 0.3) is 0 Å². The minimum Gasteiger partial charge on any atom is -0.507 e. The molecule has 1 aliphatic carbocycles. The minimum atomic E-state index is -1.20. The molecule has 2 heterocycles. The molecular formula is C32H34O12. The van der Waals surface area contributed by atoms with Gasteiger partial charge in [-0.05, 0) is 70.2 Å². The second kappa shape index (κ2) is 9.91. The zero-order chi connectivity index (χ0) is 31.9.